The Morgan fingerprint density at radius 2 is 1.93 bits per heavy atom. The first-order valence-corrected chi connectivity index (χ1v) is 4.92. The zero-order chi connectivity index (χ0) is 11.6. The molecule has 0 spiro atoms. The van der Waals surface area contributed by atoms with E-state index in [0.29, 0.717) is 0 Å². The van der Waals surface area contributed by atoms with E-state index in [1.54, 1.807) is 0 Å². The maximum atomic E-state index is 10.9. The number of hydrogen-bond donors (Lipinski definition) is 2. The van der Waals surface area contributed by atoms with Crippen LogP contribution in [0.4, 0.5) is 0 Å². The van der Waals surface area contributed by atoms with Gasteiger partial charge in [0.2, 0.25) is 0 Å². The number of carbonyl (C=O) groups is 1. The SMILES string of the molecule is Cc1ccccc1C(C)(C)C(N)C(=O)O. The Balaban J connectivity index is 3.16. The molecule has 3 N–H and O–H groups in total. The monoisotopic (exact) mass is 207 g/mol. The van der Waals surface area contributed by atoms with Crippen LogP contribution in [-0.2, 0) is 10.2 Å². The molecule has 0 aliphatic heterocycles. The number of aryl methyl sites for hydroxylation is 1. The molecule has 0 aromatic heterocycles. The highest BCUT2D eigenvalue weighted by atomic mass is 16.4. The van der Waals surface area contributed by atoms with Gasteiger partial charge in [-0.1, -0.05) is 38.1 Å². The lowest BCUT2D eigenvalue weighted by Gasteiger charge is -2.30. The summed E-state index contributed by atoms with van der Waals surface area (Å²) in [5.74, 6) is -0.969. The van der Waals surface area contributed by atoms with Gasteiger partial charge in [-0.3, -0.25) is 4.79 Å². The number of aliphatic carboxylic acids is 1. The number of nitrogens with two attached hydrogens (primary N) is 1. The standard InChI is InChI=1S/C12H17NO2/c1-8-6-4-5-7-9(8)12(2,3)10(13)11(14)15/h4-7,10H,13H2,1-3H3,(H,14,15). The minimum Gasteiger partial charge on any atom is -0.480 e. The summed E-state index contributed by atoms with van der Waals surface area (Å²) in [5, 5.41) is 8.94. The fraction of sp³-hybridized carbons (Fsp3) is 0.417. The van der Waals surface area contributed by atoms with Crippen LogP contribution < -0.4 is 5.73 Å². The molecule has 1 atom stereocenters. The van der Waals surface area contributed by atoms with E-state index in [1.165, 1.54) is 0 Å². The zero-order valence-electron chi connectivity index (χ0n) is 9.32. The van der Waals surface area contributed by atoms with Crippen molar-refractivity contribution in [1.29, 1.82) is 0 Å². The van der Waals surface area contributed by atoms with E-state index < -0.39 is 17.4 Å². The smallest absolute Gasteiger partial charge is 0.321 e. The molecule has 0 amide bonds. The van der Waals surface area contributed by atoms with Crippen LogP contribution in [0.15, 0.2) is 24.3 Å². The fourth-order valence-corrected chi connectivity index (χ4v) is 1.77. The van der Waals surface area contributed by atoms with Gasteiger partial charge in [-0.15, -0.1) is 0 Å². The van der Waals surface area contributed by atoms with E-state index in [4.69, 9.17) is 10.8 Å². The summed E-state index contributed by atoms with van der Waals surface area (Å²) in [6, 6.07) is 6.84. The summed E-state index contributed by atoms with van der Waals surface area (Å²) in [6.07, 6.45) is 0. The Kier molecular flexibility index (Phi) is 3.15. The highest BCUT2D eigenvalue weighted by molar-refractivity contribution is 5.75. The fourth-order valence-electron chi connectivity index (χ4n) is 1.77. The Morgan fingerprint density at radius 3 is 2.40 bits per heavy atom. The second-order valence-electron chi connectivity index (χ2n) is 4.35. The minimum atomic E-state index is -0.969. The van der Waals surface area contributed by atoms with Crippen LogP contribution in [0.25, 0.3) is 0 Å². The Labute approximate surface area is 89.9 Å². The average Bonchev–Trinajstić information content (AvgIpc) is 2.16. The van der Waals surface area contributed by atoms with Gasteiger partial charge in [0.25, 0.3) is 0 Å². The van der Waals surface area contributed by atoms with Crippen molar-refractivity contribution >= 4 is 5.97 Å². The molecule has 0 bridgehead atoms. The Hall–Kier alpha value is -1.35. The number of rotatable bonds is 3. The summed E-state index contributed by atoms with van der Waals surface area (Å²) in [7, 11) is 0. The molecule has 0 aliphatic carbocycles. The third-order valence-corrected chi connectivity index (χ3v) is 2.88. The average molecular weight is 207 g/mol. The van der Waals surface area contributed by atoms with Gasteiger partial charge in [-0.05, 0) is 18.1 Å². The molecule has 0 saturated carbocycles. The van der Waals surface area contributed by atoms with Gasteiger partial charge >= 0.3 is 5.97 Å². The van der Waals surface area contributed by atoms with E-state index in [0.717, 1.165) is 11.1 Å². The molecular formula is C12H17NO2. The molecule has 1 aromatic carbocycles. The molecule has 3 heteroatoms. The van der Waals surface area contributed by atoms with Crippen molar-refractivity contribution in [2.45, 2.75) is 32.2 Å². The van der Waals surface area contributed by atoms with Crippen LogP contribution in [0.3, 0.4) is 0 Å². The molecule has 15 heavy (non-hydrogen) atoms. The molecule has 3 nitrogen and oxygen atoms in total. The van der Waals surface area contributed by atoms with Crippen LogP contribution in [0, 0.1) is 6.92 Å². The first-order chi connectivity index (χ1) is 6.87. The van der Waals surface area contributed by atoms with Crippen LogP contribution in [0.5, 0.6) is 0 Å². The van der Waals surface area contributed by atoms with Crippen molar-refractivity contribution in [2.24, 2.45) is 5.73 Å². The number of hydrogen-bond acceptors (Lipinski definition) is 2. The molecule has 0 fully saturated rings. The van der Waals surface area contributed by atoms with E-state index in [-0.39, 0.29) is 0 Å². The number of carboxylic acid groups (broad SMARTS) is 1. The maximum absolute atomic E-state index is 10.9. The number of benzene rings is 1. The quantitative estimate of drug-likeness (QED) is 0.792. The van der Waals surface area contributed by atoms with Gasteiger partial charge in [0, 0.05) is 5.41 Å². The predicted molar refractivity (Wildman–Crippen MR) is 59.8 cm³/mol. The van der Waals surface area contributed by atoms with Crippen molar-refractivity contribution in [1.82, 2.24) is 0 Å². The molecule has 0 heterocycles. The summed E-state index contributed by atoms with van der Waals surface area (Å²) < 4.78 is 0. The summed E-state index contributed by atoms with van der Waals surface area (Å²) >= 11 is 0. The lowest BCUT2D eigenvalue weighted by molar-refractivity contribution is -0.140. The van der Waals surface area contributed by atoms with Crippen molar-refractivity contribution in [2.75, 3.05) is 0 Å². The molecule has 82 valence electrons. The second kappa shape index (κ2) is 4.03. The lowest BCUT2D eigenvalue weighted by Crippen LogP contribution is -2.47. The van der Waals surface area contributed by atoms with E-state index >= 15 is 0 Å². The molecule has 0 saturated heterocycles. The van der Waals surface area contributed by atoms with E-state index in [2.05, 4.69) is 0 Å². The van der Waals surface area contributed by atoms with Crippen molar-refractivity contribution in [3.63, 3.8) is 0 Å². The van der Waals surface area contributed by atoms with Gasteiger partial charge in [0.05, 0.1) is 0 Å². The first kappa shape index (κ1) is 11.7. The Morgan fingerprint density at radius 1 is 1.40 bits per heavy atom. The minimum absolute atomic E-state index is 0.558. The van der Waals surface area contributed by atoms with Gasteiger partial charge in [0.15, 0.2) is 0 Å². The predicted octanol–water partition coefficient (Wildman–Crippen LogP) is 1.68. The molecule has 0 radical (unpaired) electrons. The van der Waals surface area contributed by atoms with Gasteiger partial charge < -0.3 is 10.8 Å². The lowest BCUT2D eigenvalue weighted by atomic mass is 9.76. The summed E-state index contributed by atoms with van der Waals surface area (Å²) in [6.45, 7) is 5.67. The Bertz CT molecular complexity index is 372. The first-order valence-electron chi connectivity index (χ1n) is 4.92. The maximum Gasteiger partial charge on any atom is 0.321 e. The third kappa shape index (κ3) is 2.18. The van der Waals surface area contributed by atoms with E-state index in [1.807, 2.05) is 45.0 Å². The largest absolute Gasteiger partial charge is 0.480 e. The van der Waals surface area contributed by atoms with Gasteiger partial charge in [0.1, 0.15) is 6.04 Å². The summed E-state index contributed by atoms with van der Waals surface area (Å²) in [4.78, 5) is 10.9. The van der Waals surface area contributed by atoms with Crippen molar-refractivity contribution in [3.8, 4) is 0 Å². The van der Waals surface area contributed by atoms with Crippen LogP contribution in [-0.4, -0.2) is 17.1 Å². The van der Waals surface area contributed by atoms with Crippen molar-refractivity contribution in [3.05, 3.63) is 35.4 Å². The number of carboxylic acids is 1. The van der Waals surface area contributed by atoms with E-state index in [9.17, 15) is 4.79 Å². The van der Waals surface area contributed by atoms with Gasteiger partial charge in [-0.2, -0.15) is 0 Å². The van der Waals surface area contributed by atoms with Crippen LogP contribution >= 0.6 is 0 Å². The molecular weight excluding hydrogens is 190 g/mol. The normalized spacial score (nSPS) is 13.6. The highest BCUT2D eigenvalue weighted by Gasteiger charge is 2.34. The molecule has 1 aromatic rings. The van der Waals surface area contributed by atoms with Crippen molar-refractivity contribution < 1.29 is 9.90 Å². The highest BCUT2D eigenvalue weighted by Crippen LogP contribution is 2.28. The van der Waals surface area contributed by atoms with Gasteiger partial charge in [-0.25, -0.2) is 0 Å². The zero-order valence-corrected chi connectivity index (χ0v) is 9.32. The second-order valence-corrected chi connectivity index (χ2v) is 4.35. The molecule has 0 aliphatic rings. The topological polar surface area (TPSA) is 63.3 Å². The molecule has 1 unspecified atom stereocenters. The van der Waals surface area contributed by atoms with Crippen LogP contribution in [0.1, 0.15) is 25.0 Å². The summed E-state index contributed by atoms with van der Waals surface area (Å²) in [5.41, 5.74) is 7.19. The third-order valence-electron chi connectivity index (χ3n) is 2.88. The molecule has 1 rings (SSSR count). The van der Waals surface area contributed by atoms with Crippen LogP contribution in [0.2, 0.25) is 0 Å².